The average Bonchev–Trinajstić information content (AvgIpc) is 3.16. The lowest BCUT2D eigenvalue weighted by molar-refractivity contribution is -0.120. The van der Waals surface area contributed by atoms with Gasteiger partial charge in [-0.1, -0.05) is 6.92 Å². The first kappa shape index (κ1) is 15.7. The van der Waals surface area contributed by atoms with Gasteiger partial charge < -0.3 is 10.6 Å². The maximum absolute atomic E-state index is 13.7. The quantitative estimate of drug-likeness (QED) is 0.727. The Morgan fingerprint density at radius 2 is 2.10 bits per heavy atom. The van der Waals surface area contributed by atoms with Crippen molar-refractivity contribution < 1.29 is 17.6 Å². The Kier molecular flexibility index (Phi) is 4.20. The van der Waals surface area contributed by atoms with Crippen LogP contribution in [0.2, 0.25) is 0 Å². The van der Waals surface area contributed by atoms with Gasteiger partial charge in [-0.2, -0.15) is 0 Å². The molecule has 0 heterocycles. The Balaban J connectivity index is 1.96. The maximum Gasteiger partial charge on any atom is 0.239 e. The number of sulfonamides is 1. The normalized spacial score (nSPS) is 16.3. The van der Waals surface area contributed by atoms with E-state index in [4.69, 9.17) is 5.14 Å². The molecule has 8 heteroatoms. The van der Waals surface area contributed by atoms with Crippen molar-refractivity contribution in [1.82, 2.24) is 5.32 Å². The highest BCUT2D eigenvalue weighted by Gasteiger charge is 2.41. The van der Waals surface area contributed by atoms with Crippen LogP contribution in [0.15, 0.2) is 23.1 Å². The molecule has 0 aromatic heterocycles. The first-order chi connectivity index (χ1) is 9.76. The smallest absolute Gasteiger partial charge is 0.239 e. The molecular formula is C13H18FN3O3S. The largest absolute Gasteiger partial charge is 0.374 e. The minimum absolute atomic E-state index is 0.0545. The van der Waals surface area contributed by atoms with E-state index in [0.29, 0.717) is 0 Å². The minimum atomic E-state index is -3.94. The van der Waals surface area contributed by atoms with Crippen LogP contribution in [0.4, 0.5) is 10.1 Å². The zero-order chi connectivity index (χ0) is 15.7. The Morgan fingerprint density at radius 1 is 1.43 bits per heavy atom. The summed E-state index contributed by atoms with van der Waals surface area (Å²) >= 11 is 0. The van der Waals surface area contributed by atoms with Crippen LogP contribution in [0.25, 0.3) is 0 Å². The summed E-state index contributed by atoms with van der Waals surface area (Å²) in [5, 5.41) is 10.5. The van der Waals surface area contributed by atoms with E-state index in [9.17, 15) is 17.6 Å². The highest BCUT2D eigenvalue weighted by Crippen LogP contribution is 2.38. The standard InChI is InChI=1S/C13H18FN3O3S/c1-2-13(5-6-13)17-12(18)8-16-11-4-3-9(7-10(11)14)21(15,19)20/h3-4,7,16H,2,5-6,8H2,1H3,(H,17,18)(H2,15,19,20). The van der Waals surface area contributed by atoms with E-state index in [0.717, 1.165) is 25.3 Å². The number of halogens is 1. The van der Waals surface area contributed by atoms with Gasteiger partial charge in [-0.25, -0.2) is 17.9 Å². The van der Waals surface area contributed by atoms with Crippen LogP contribution >= 0.6 is 0 Å². The topological polar surface area (TPSA) is 101 Å². The van der Waals surface area contributed by atoms with Gasteiger partial charge in [0, 0.05) is 5.54 Å². The number of nitrogens with two attached hydrogens (primary N) is 1. The van der Waals surface area contributed by atoms with Gasteiger partial charge in [0.25, 0.3) is 0 Å². The molecule has 0 aliphatic heterocycles. The fraction of sp³-hybridized carbons (Fsp3) is 0.462. The molecule has 0 unspecified atom stereocenters. The van der Waals surface area contributed by atoms with E-state index < -0.39 is 15.8 Å². The summed E-state index contributed by atoms with van der Waals surface area (Å²) in [6, 6.07) is 3.26. The molecule has 6 nitrogen and oxygen atoms in total. The van der Waals surface area contributed by atoms with E-state index in [2.05, 4.69) is 10.6 Å². The second kappa shape index (κ2) is 5.61. The van der Waals surface area contributed by atoms with E-state index in [1.54, 1.807) is 0 Å². The zero-order valence-electron chi connectivity index (χ0n) is 11.6. The van der Waals surface area contributed by atoms with Crippen molar-refractivity contribution in [3.63, 3.8) is 0 Å². The highest BCUT2D eigenvalue weighted by molar-refractivity contribution is 7.89. The molecule has 21 heavy (non-hydrogen) atoms. The zero-order valence-corrected chi connectivity index (χ0v) is 12.5. The molecule has 1 aromatic carbocycles. The number of hydrogen-bond acceptors (Lipinski definition) is 4. The van der Waals surface area contributed by atoms with Crippen LogP contribution in [0.5, 0.6) is 0 Å². The lowest BCUT2D eigenvalue weighted by atomic mass is 10.2. The van der Waals surface area contributed by atoms with E-state index in [-0.39, 0.29) is 28.6 Å². The summed E-state index contributed by atoms with van der Waals surface area (Å²) in [7, 11) is -3.94. The van der Waals surface area contributed by atoms with E-state index in [1.165, 1.54) is 12.1 Å². The highest BCUT2D eigenvalue weighted by atomic mass is 32.2. The molecule has 1 aliphatic carbocycles. The van der Waals surface area contributed by atoms with Gasteiger partial charge in [-0.15, -0.1) is 0 Å². The van der Waals surface area contributed by atoms with Crippen LogP contribution in [-0.4, -0.2) is 26.4 Å². The molecule has 0 bridgehead atoms. The molecule has 1 aliphatic rings. The van der Waals surface area contributed by atoms with Crippen molar-refractivity contribution in [3.8, 4) is 0 Å². The molecular weight excluding hydrogens is 297 g/mol. The summed E-state index contributed by atoms with van der Waals surface area (Å²) in [5.74, 6) is -0.991. The Labute approximate surface area is 123 Å². The van der Waals surface area contributed by atoms with Gasteiger partial charge in [0.05, 0.1) is 17.1 Å². The number of hydrogen-bond donors (Lipinski definition) is 3. The van der Waals surface area contributed by atoms with Crippen LogP contribution in [-0.2, 0) is 14.8 Å². The third-order valence-corrected chi connectivity index (χ3v) is 4.55. The second-order valence-corrected chi connectivity index (χ2v) is 6.78. The van der Waals surface area contributed by atoms with Gasteiger partial charge in [-0.05, 0) is 37.5 Å². The third-order valence-electron chi connectivity index (χ3n) is 3.64. The Hall–Kier alpha value is -1.67. The molecule has 4 N–H and O–H groups in total. The molecule has 0 saturated heterocycles. The molecule has 1 aromatic rings. The fourth-order valence-electron chi connectivity index (χ4n) is 2.05. The van der Waals surface area contributed by atoms with Crippen molar-refractivity contribution in [2.75, 3.05) is 11.9 Å². The number of primary sulfonamides is 1. The summed E-state index contributed by atoms with van der Waals surface area (Å²) in [5.41, 5.74) is -0.0340. The van der Waals surface area contributed by atoms with Gasteiger partial charge in [0.15, 0.2) is 0 Å². The number of benzene rings is 1. The lowest BCUT2D eigenvalue weighted by Gasteiger charge is -2.15. The Morgan fingerprint density at radius 3 is 2.57 bits per heavy atom. The second-order valence-electron chi connectivity index (χ2n) is 5.22. The van der Waals surface area contributed by atoms with E-state index in [1.807, 2.05) is 6.92 Å². The van der Waals surface area contributed by atoms with Crippen LogP contribution in [0, 0.1) is 5.82 Å². The summed E-state index contributed by atoms with van der Waals surface area (Å²) in [6.07, 6.45) is 2.80. The minimum Gasteiger partial charge on any atom is -0.374 e. The number of carbonyl (C=O) groups excluding carboxylic acids is 1. The monoisotopic (exact) mass is 315 g/mol. The predicted molar refractivity (Wildman–Crippen MR) is 76.7 cm³/mol. The van der Waals surface area contributed by atoms with Gasteiger partial charge >= 0.3 is 0 Å². The van der Waals surface area contributed by atoms with Crippen molar-refractivity contribution >= 4 is 21.6 Å². The molecule has 0 atom stereocenters. The predicted octanol–water partition coefficient (Wildman–Crippen LogP) is 0.944. The van der Waals surface area contributed by atoms with Crippen molar-refractivity contribution in [1.29, 1.82) is 0 Å². The molecule has 0 radical (unpaired) electrons. The van der Waals surface area contributed by atoms with Gasteiger partial charge in [-0.3, -0.25) is 4.79 Å². The number of rotatable bonds is 6. The van der Waals surface area contributed by atoms with Gasteiger partial charge in [0.1, 0.15) is 5.82 Å². The summed E-state index contributed by atoms with van der Waals surface area (Å²) in [6.45, 7) is 1.93. The lowest BCUT2D eigenvalue weighted by Crippen LogP contribution is -2.39. The molecule has 1 amide bonds. The maximum atomic E-state index is 13.7. The summed E-state index contributed by atoms with van der Waals surface area (Å²) < 4.78 is 35.9. The molecule has 1 saturated carbocycles. The van der Waals surface area contributed by atoms with Crippen molar-refractivity contribution in [2.45, 2.75) is 36.6 Å². The van der Waals surface area contributed by atoms with Crippen molar-refractivity contribution in [3.05, 3.63) is 24.0 Å². The number of carbonyl (C=O) groups is 1. The van der Waals surface area contributed by atoms with Gasteiger partial charge in [0.2, 0.25) is 15.9 Å². The Bertz CT molecular complexity index is 657. The van der Waals surface area contributed by atoms with Crippen LogP contribution in [0.3, 0.4) is 0 Å². The van der Waals surface area contributed by atoms with E-state index >= 15 is 0 Å². The van der Waals surface area contributed by atoms with Crippen LogP contribution in [0.1, 0.15) is 26.2 Å². The number of amides is 1. The number of nitrogens with one attached hydrogen (secondary N) is 2. The SMILES string of the molecule is CCC1(NC(=O)CNc2ccc(S(N)(=O)=O)cc2F)CC1. The van der Waals surface area contributed by atoms with Crippen LogP contribution < -0.4 is 15.8 Å². The molecule has 1 fully saturated rings. The molecule has 116 valence electrons. The third kappa shape index (κ3) is 3.92. The first-order valence-electron chi connectivity index (χ1n) is 6.63. The summed E-state index contributed by atoms with van der Waals surface area (Å²) in [4.78, 5) is 11.4. The average molecular weight is 315 g/mol. The molecule has 2 rings (SSSR count). The van der Waals surface area contributed by atoms with Crippen molar-refractivity contribution in [2.24, 2.45) is 5.14 Å². The fourth-order valence-corrected chi connectivity index (χ4v) is 2.57. The first-order valence-corrected chi connectivity index (χ1v) is 8.18. The number of anilines is 1. The molecule has 0 spiro atoms.